The highest BCUT2D eigenvalue weighted by Crippen LogP contribution is 2.08. The molecule has 0 saturated carbocycles. The Hall–Kier alpha value is -2.16. The van der Waals surface area contributed by atoms with Gasteiger partial charge in [0, 0.05) is 25.1 Å². The highest BCUT2D eigenvalue weighted by molar-refractivity contribution is 5.78. The normalized spacial score (nSPS) is 8.89. The predicted molar refractivity (Wildman–Crippen MR) is 76.6 cm³/mol. The van der Waals surface area contributed by atoms with Gasteiger partial charge in [-0.25, -0.2) is 9.97 Å². The van der Waals surface area contributed by atoms with E-state index >= 15 is 0 Å². The van der Waals surface area contributed by atoms with Crippen LogP contribution in [0.1, 0.15) is 45.4 Å². The molecule has 0 aliphatic heterocycles. The molecule has 19 heavy (non-hydrogen) atoms. The number of hydrogen-bond donors (Lipinski definition) is 2. The molecule has 6 nitrogen and oxygen atoms in total. The lowest BCUT2D eigenvalue weighted by molar-refractivity contribution is 0.721. The van der Waals surface area contributed by atoms with Crippen LogP contribution in [0.3, 0.4) is 0 Å². The second-order valence-electron chi connectivity index (χ2n) is 3.94. The van der Waals surface area contributed by atoms with Crippen molar-refractivity contribution in [1.82, 2.24) is 9.97 Å². The molecule has 0 unspecified atom stereocenters. The van der Waals surface area contributed by atoms with Gasteiger partial charge in [0.25, 0.3) is 0 Å². The molecular formula is C13H22N6. The predicted octanol–water partition coefficient (Wildman–Crippen LogP) is 2.03. The number of nitriles is 1. The van der Waals surface area contributed by atoms with Crippen LogP contribution in [0, 0.1) is 11.3 Å². The van der Waals surface area contributed by atoms with Crippen molar-refractivity contribution in [3.05, 3.63) is 18.1 Å². The first-order valence-electron chi connectivity index (χ1n) is 6.42. The third-order valence-corrected chi connectivity index (χ3v) is 1.87. The average molecular weight is 262 g/mol. The second kappa shape index (κ2) is 11.0. The van der Waals surface area contributed by atoms with Crippen LogP contribution >= 0.6 is 0 Å². The van der Waals surface area contributed by atoms with Crippen LogP contribution in [0.15, 0.2) is 17.3 Å². The van der Waals surface area contributed by atoms with Gasteiger partial charge in [0.2, 0.25) is 0 Å². The summed E-state index contributed by atoms with van der Waals surface area (Å²) in [6.45, 7) is 4.25. The van der Waals surface area contributed by atoms with E-state index in [0.717, 1.165) is 19.3 Å². The molecule has 0 spiro atoms. The molecule has 0 aliphatic carbocycles. The molecule has 0 saturated heterocycles. The van der Waals surface area contributed by atoms with Crippen LogP contribution in [-0.2, 0) is 6.42 Å². The van der Waals surface area contributed by atoms with Crippen molar-refractivity contribution in [3.8, 4) is 6.07 Å². The largest absolute Gasteiger partial charge is 0.370 e. The van der Waals surface area contributed by atoms with Gasteiger partial charge in [-0.15, -0.1) is 0 Å². The van der Waals surface area contributed by atoms with E-state index in [1.165, 1.54) is 6.42 Å². The number of nitrogens with zero attached hydrogens (tertiary/aromatic N) is 4. The monoisotopic (exact) mass is 262 g/mol. The van der Waals surface area contributed by atoms with Crippen molar-refractivity contribution in [2.75, 3.05) is 0 Å². The van der Waals surface area contributed by atoms with E-state index < -0.39 is 0 Å². The molecule has 1 heterocycles. The number of hydrogen-bond acceptors (Lipinski definition) is 4. The zero-order chi connectivity index (χ0) is 14.5. The van der Waals surface area contributed by atoms with E-state index in [9.17, 15) is 0 Å². The van der Waals surface area contributed by atoms with Crippen LogP contribution in [0.2, 0.25) is 0 Å². The Kier molecular flexibility index (Phi) is 9.71. The van der Waals surface area contributed by atoms with Crippen LogP contribution in [-0.4, -0.2) is 15.9 Å². The fourth-order valence-electron chi connectivity index (χ4n) is 1.19. The Bertz CT molecular complexity index is 417. The maximum Gasteiger partial charge on any atom is 0.192 e. The fraction of sp³-hybridized carbons (Fsp3) is 0.538. The smallest absolute Gasteiger partial charge is 0.192 e. The van der Waals surface area contributed by atoms with Crippen LogP contribution in [0.5, 0.6) is 0 Å². The van der Waals surface area contributed by atoms with Crippen molar-refractivity contribution in [3.63, 3.8) is 0 Å². The molecule has 0 fully saturated rings. The van der Waals surface area contributed by atoms with Gasteiger partial charge in [0.15, 0.2) is 11.8 Å². The molecule has 0 aliphatic rings. The first-order chi connectivity index (χ1) is 9.13. The summed E-state index contributed by atoms with van der Waals surface area (Å²) in [5.74, 6) is 1.14. The third kappa shape index (κ3) is 9.53. The van der Waals surface area contributed by atoms with Gasteiger partial charge in [-0.05, 0) is 12.8 Å². The summed E-state index contributed by atoms with van der Waals surface area (Å²) in [4.78, 5) is 12.1. The summed E-state index contributed by atoms with van der Waals surface area (Å²) < 4.78 is 0. The Morgan fingerprint density at radius 2 is 2.05 bits per heavy atom. The average Bonchev–Trinajstić information content (AvgIpc) is 2.35. The second-order valence-corrected chi connectivity index (χ2v) is 3.94. The van der Waals surface area contributed by atoms with Gasteiger partial charge in [0.05, 0.1) is 6.07 Å². The number of rotatable bonds is 5. The van der Waals surface area contributed by atoms with Gasteiger partial charge >= 0.3 is 0 Å². The first-order valence-corrected chi connectivity index (χ1v) is 6.42. The van der Waals surface area contributed by atoms with E-state index in [2.05, 4.69) is 34.9 Å². The summed E-state index contributed by atoms with van der Waals surface area (Å²) in [5.41, 5.74) is 10.5. The van der Waals surface area contributed by atoms with E-state index in [1.54, 1.807) is 12.3 Å². The lowest BCUT2D eigenvalue weighted by Gasteiger charge is -1.99. The number of aryl methyl sites for hydroxylation is 1. The summed E-state index contributed by atoms with van der Waals surface area (Å²) in [6, 6.07) is 3.73. The molecule has 0 bridgehead atoms. The van der Waals surface area contributed by atoms with Crippen molar-refractivity contribution >= 4 is 11.8 Å². The molecule has 104 valence electrons. The van der Waals surface area contributed by atoms with Gasteiger partial charge in [-0.1, -0.05) is 20.3 Å². The number of unbranched alkanes of at least 4 members (excludes halogenated alkanes) is 2. The standard InChI is InChI=1S/C10H14N6.C3H8/c11-6-3-1-2-4-8-14-7-5-9(15-8)16-10(12)13;1-3-2/h5,7H,1-4H2,(H4,12,13,14,15,16);3H2,1-2H3. The molecule has 1 rings (SSSR count). The minimum absolute atomic E-state index is 0.0193. The Morgan fingerprint density at radius 3 is 2.63 bits per heavy atom. The molecular weight excluding hydrogens is 240 g/mol. The number of nitrogens with two attached hydrogens (primary N) is 2. The van der Waals surface area contributed by atoms with Crippen LogP contribution in [0.4, 0.5) is 5.82 Å². The minimum Gasteiger partial charge on any atom is -0.370 e. The SMILES string of the molecule is CCC.N#CCCCCc1nccc(N=C(N)N)n1. The molecule has 0 atom stereocenters. The highest BCUT2D eigenvalue weighted by atomic mass is 15.0. The summed E-state index contributed by atoms with van der Waals surface area (Å²) in [6.07, 6.45) is 5.91. The van der Waals surface area contributed by atoms with Crippen molar-refractivity contribution < 1.29 is 0 Å². The number of aromatic nitrogens is 2. The Balaban J connectivity index is 0.000000982. The topological polar surface area (TPSA) is 114 Å². The van der Waals surface area contributed by atoms with E-state index in [1.807, 2.05) is 0 Å². The summed E-state index contributed by atoms with van der Waals surface area (Å²) >= 11 is 0. The van der Waals surface area contributed by atoms with Crippen molar-refractivity contribution in [1.29, 1.82) is 5.26 Å². The van der Waals surface area contributed by atoms with Gasteiger partial charge in [-0.3, -0.25) is 0 Å². The quantitative estimate of drug-likeness (QED) is 0.478. The summed E-state index contributed by atoms with van der Waals surface area (Å²) in [5, 5.41) is 8.38. The van der Waals surface area contributed by atoms with E-state index in [0.29, 0.717) is 18.1 Å². The first kappa shape index (κ1) is 16.8. The fourth-order valence-corrected chi connectivity index (χ4v) is 1.19. The Labute approximate surface area is 114 Å². The molecule has 1 aromatic heterocycles. The maximum absolute atomic E-state index is 8.38. The van der Waals surface area contributed by atoms with Crippen molar-refractivity contribution in [2.45, 2.75) is 46.0 Å². The van der Waals surface area contributed by atoms with Gasteiger partial charge < -0.3 is 11.5 Å². The molecule has 0 radical (unpaired) electrons. The molecule has 4 N–H and O–H groups in total. The van der Waals surface area contributed by atoms with Crippen molar-refractivity contribution in [2.24, 2.45) is 16.5 Å². The molecule has 6 heteroatoms. The lowest BCUT2D eigenvalue weighted by atomic mass is 10.2. The minimum atomic E-state index is -0.0193. The van der Waals surface area contributed by atoms with Gasteiger partial charge in [0.1, 0.15) is 5.82 Å². The van der Waals surface area contributed by atoms with E-state index in [-0.39, 0.29) is 5.96 Å². The molecule has 0 aromatic carbocycles. The van der Waals surface area contributed by atoms with Gasteiger partial charge in [-0.2, -0.15) is 10.3 Å². The summed E-state index contributed by atoms with van der Waals surface area (Å²) in [7, 11) is 0. The zero-order valence-corrected chi connectivity index (χ0v) is 11.6. The molecule has 1 aromatic rings. The Morgan fingerprint density at radius 1 is 1.37 bits per heavy atom. The maximum atomic E-state index is 8.38. The van der Waals surface area contributed by atoms with Crippen LogP contribution in [0.25, 0.3) is 0 Å². The lowest BCUT2D eigenvalue weighted by Crippen LogP contribution is -2.22. The highest BCUT2D eigenvalue weighted by Gasteiger charge is 1.98. The van der Waals surface area contributed by atoms with E-state index in [4.69, 9.17) is 16.7 Å². The zero-order valence-electron chi connectivity index (χ0n) is 11.6. The molecule has 0 amide bonds. The number of aliphatic imine (C=N–C) groups is 1. The third-order valence-electron chi connectivity index (χ3n) is 1.87. The van der Waals surface area contributed by atoms with Crippen LogP contribution < -0.4 is 11.5 Å². The number of guanidine groups is 1.